The van der Waals surface area contributed by atoms with Gasteiger partial charge in [0.2, 0.25) is 0 Å². The molecule has 2 aromatic carbocycles. The second kappa shape index (κ2) is 14.7. The number of phenols is 1. The Labute approximate surface area is 179 Å². The number of pyridine rings is 1. The van der Waals surface area contributed by atoms with Crippen molar-refractivity contribution in [2.45, 2.75) is 0 Å². The summed E-state index contributed by atoms with van der Waals surface area (Å²) >= 11 is 0. The summed E-state index contributed by atoms with van der Waals surface area (Å²) in [5.74, 6) is -1.02. The molecule has 10 heteroatoms. The Morgan fingerprint density at radius 1 is 0.966 bits per heavy atom. The summed E-state index contributed by atoms with van der Waals surface area (Å²) in [6.45, 7) is 0. The van der Waals surface area contributed by atoms with E-state index in [9.17, 15) is 15.3 Å². The zero-order valence-electron chi connectivity index (χ0n) is 15.0. The van der Waals surface area contributed by atoms with Gasteiger partial charge in [0.15, 0.2) is 12.4 Å². The average molecular weight is 432 g/mol. The maximum absolute atomic E-state index is 11.6. The van der Waals surface area contributed by atoms with E-state index in [0.717, 1.165) is 5.69 Å². The topological polar surface area (TPSA) is 188 Å². The van der Waals surface area contributed by atoms with Crippen LogP contribution in [0.15, 0.2) is 83.3 Å². The molecule has 9 nitrogen and oxygen atoms in total. The first kappa shape index (κ1) is 27.8. The normalized spacial score (nSPS) is 9.86. The van der Waals surface area contributed by atoms with Crippen LogP contribution in [0, 0.1) is 0 Å². The number of nitrogens with two attached hydrogens (primary N) is 1. The minimum absolute atomic E-state index is 0. The van der Waals surface area contributed by atoms with Crippen molar-refractivity contribution in [2.75, 3.05) is 5.73 Å². The third-order valence-corrected chi connectivity index (χ3v) is 3.14. The molecule has 0 bridgehead atoms. The zero-order valence-corrected chi connectivity index (χ0v) is 16.4. The van der Waals surface area contributed by atoms with E-state index in [1.54, 1.807) is 54.9 Å². The second-order valence-electron chi connectivity index (χ2n) is 5.04. The molecular formula is C19H17N4O5V-5. The van der Waals surface area contributed by atoms with Crippen molar-refractivity contribution in [1.82, 2.24) is 0 Å². The van der Waals surface area contributed by atoms with Gasteiger partial charge in [0.1, 0.15) is 5.75 Å². The Balaban J connectivity index is 0. The van der Waals surface area contributed by atoms with Gasteiger partial charge in [-0.15, -0.1) is 0 Å². The van der Waals surface area contributed by atoms with E-state index in [1.165, 1.54) is 24.4 Å². The molecule has 0 aliphatic heterocycles. The smallest absolute Gasteiger partial charge is 0.169 e. The van der Waals surface area contributed by atoms with Gasteiger partial charge >= 0.3 is 0 Å². The summed E-state index contributed by atoms with van der Waals surface area (Å²) in [5, 5.41) is 39.4. The number of nitrogens with one attached hydrogen (secondary N) is 1. The van der Waals surface area contributed by atoms with Crippen LogP contribution >= 0.6 is 0 Å². The van der Waals surface area contributed by atoms with Gasteiger partial charge < -0.3 is 32.0 Å². The zero-order chi connectivity index (χ0) is 18.8. The van der Waals surface area contributed by atoms with Gasteiger partial charge in [-0.3, -0.25) is 0 Å². The third kappa shape index (κ3) is 9.40. The van der Waals surface area contributed by atoms with E-state index in [4.69, 9.17) is 5.73 Å². The third-order valence-electron chi connectivity index (χ3n) is 3.14. The first-order valence-corrected chi connectivity index (χ1v) is 7.62. The van der Waals surface area contributed by atoms with Crippen molar-refractivity contribution in [3.05, 3.63) is 84.2 Å². The van der Waals surface area contributed by atoms with E-state index < -0.39 is 5.90 Å². The molecule has 29 heavy (non-hydrogen) atoms. The van der Waals surface area contributed by atoms with E-state index in [1.807, 2.05) is 0 Å². The van der Waals surface area contributed by atoms with Crippen molar-refractivity contribution >= 4 is 17.8 Å². The number of aromatic amines is 1. The number of benzene rings is 2. The Morgan fingerprint density at radius 2 is 1.55 bits per heavy atom. The standard InChI is InChI=1S/C14H12N2O3.C5H6N2.2O.V/c17-12-7-3-1-5-10(12)9-15-16-14(19)11-6-2-4-8-13(11)18;6-5-1-3-7-4-2-5;;;/h1-9,17-18H,(H,16,19);1-4H,(H2,6,7);;;/q;;2*-2;/p-1/b15-9+;;;;. The predicted molar refractivity (Wildman–Crippen MR) is 96.9 cm³/mol. The van der Waals surface area contributed by atoms with Crippen LogP contribution in [-0.4, -0.2) is 17.2 Å². The second-order valence-corrected chi connectivity index (χ2v) is 5.04. The Morgan fingerprint density at radius 3 is 2.10 bits per heavy atom. The maximum atomic E-state index is 11.6. The molecular weight excluding hydrogens is 415 g/mol. The van der Waals surface area contributed by atoms with E-state index in [0.29, 0.717) is 5.56 Å². The summed E-state index contributed by atoms with van der Waals surface area (Å²) in [5.41, 5.74) is 6.54. The first-order valence-electron chi connectivity index (χ1n) is 7.62. The summed E-state index contributed by atoms with van der Waals surface area (Å²) in [7, 11) is 0. The van der Waals surface area contributed by atoms with Crippen LogP contribution in [0.2, 0.25) is 0 Å². The number of phenolic OH excluding ortho intramolecular Hbond substituents is 1. The van der Waals surface area contributed by atoms with Gasteiger partial charge in [-0.25, -0.2) is 4.98 Å². The molecule has 0 amide bonds. The minimum atomic E-state index is -0.669. The molecule has 0 saturated carbocycles. The molecule has 0 aliphatic rings. The molecule has 1 radical (unpaired) electrons. The molecule has 0 unspecified atom stereocenters. The van der Waals surface area contributed by atoms with E-state index in [2.05, 4.69) is 15.2 Å². The van der Waals surface area contributed by atoms with Gasteiger partial charge in [-0.05, 0) is 11.6 Å². The fourth-order valence-electron chi connectivity index (χ4n) is 1.84. The van der Waals surface area contributed by atoms with Crippen LogP contribution < -0.4 is 20.9 Å². The van der Waals surface area contributed by atoms with Crippen LogP contribution in [0.1, 0.15) is 11.1 Å². The van der Waals surface area contributed by atoms with Crippen molar-refractivity contribution in [3.63, 3.8) is 0 Å². The molecule has 0 saturated heterocycles. The molecule has 0 atom stereocenters. The number of aromatic hydroxyl groups is 1. The average Bonchev–Trinajstić information content (AvgIpc) is 2.65. The number of hydrogen-bond acceptors (Lipinski definition) is 6. The number of hydrogen-bond donors (Lipinski definition) is 2. The molecule has 4 N–H and O–H groups in total. The van der Waals surface area contributed by atoms with Crippen LogP contribution in [0.25, 0.3) is 0 Å². The molecule has 0 spiro atoms. The summed E-state index contributed by atoms with van der Waals surface area (Å²) in [4.78, 5) is 2.85. The van der Waals surface area contributed by atoms with E-state index in [-0.39, 0.29) is 46.6 Å². The molecule has 1 heterocycles. The Bertz CT molecular complexity index is 908. The molecule has 0 aliphatic carbocycles. The number of para-hydroxylation sites is 2. The number of rotatable bonds is 3. The number of H-pyrrole nitrogens is 1. The van der Waals surface area contributed by atoms with Crippen LogP contribution in [0.3, 0.4) is 0 Å². The van der Waals surface area contributed by atoms with Crippen molar-refractivity contribution in [3.8, 4) is 11.5 Å². The monoisotopic (exact) mass is 432 g/mol. The fraction of sp³-hybridized carbons (Fsp3) is 0. The number of aromatic nitrogens is 1. The maximum Gasteiger partial charge on any atom is 0.169 e. The number of anilines is 1. The van der Waals surface area contributed by atoms with E-state index >= 15 is 0 Å². The molecule has 0 fully saturated rings. The fourth-order valence-corrected chi connectivity index (χ4v) is 1.84. The SMILES string of the molecule is Nc1cc[nH+]cc1.[O-2].[O-2].[O-]/C(=N\N=C\c1ccccc1[O-])c1ccccc1O.[V]. The summed E-state index contributed by atoms with van der Waals surface area (Å²) in [6, 6.07) is 15.9. The number of nitrogens with zero attached hydrogens (tertiary/aromatic N) is 2. The van der Waals surface area contributed by atoms with Gasteiger partial charge in [0.25, 0.3) is 0 Å². The van der Waals surface area contributed by atoms with Gasteiger partial charge in [0.05, 0.1) is 6.21 Å². The molecule has 153 valence electrons. The quantitative estimate of drug-likeness (QED) is 0.345. The van der Waals surface area contributed by atoms with Crippen molar-refractivity contribution in [2.24, 2.45) is 10.2 Å². The predicted octanol–water partition coefficient (Wildman–Crippen LogP) is 0.450. The van der Waals surface area contributed by atoms with Crippen LogP contribution in [-0.2, 0) is 29.5 Å². The van der Waals surface area contributed by atoms with Gasteiger partial charge in [0, 0.05) is 47.8 Å². The van der Waals surface area contributed by atoms with Crippen molar-refractivity contribution in [1.29, 1.82) is 0 Å². The molecule has 3 rings (SSSR count). The Kier molecular flexibility index (Phi) is 14.1. The van der Waals surface area contributed by atoms with Crippen LogP contribution in [0.4, 0.5) is 5.69 Å². The molecule has 1 aromatic heterocycles. The minimum Gasteiger partial charge on any atom is -2.00 e. The van der Waals surface area contributed by atoms with Crippen LogP contribution in [0.5, 0.6) is 11.5 Å². The van der Waals surface area contributed by atoms with Crippen molar-refractivity contribution < 1.29 is 49.8 Å². The largest absolute Gasteiger partial charge is 2.00 e. The Hall–Kier alpha value is -3.37. The molecule has 3 aromatic rings. The van der Waals surface area contributed by atoms with Gasteiger partial charge in [-0.2, -0.15) is 10.2 Å². The first-order chi connectivity index (χ1) is 12.6. The van der Waals surface area contributed by atoms with Gasteiger partial charge in [-0.1, -0.05) is 48.2 Å². The number of nitrogen functional groups attached to an aromatic ring is 1. The summed E-state index contributed by atoms with van der Waals surface area (Å²) < 4.78 is 0. The summed E-state index contributed by atoms with van der Waals surface area (Å²) in [6.07, 6.45) is 4.78.